The first-order valence-corrected chi connectivity index (χ1v) is 16.1. The van der Waals surface area contributed by atoms with Gasteiger partial charge in [0, 0.05) is 40.6 Å². The van der Waals surface area contributed by atoms with Crippen LogP contribution in [0.3, 0.4) is 0 Å². The van der Waals surface area contributed by atoms with Gasteiger partial charge >= 0.3 is 0 Å². The Kier molecular flexibility index (Phi) is 5.60. The van der Waals surface area contributed by atoms with Gasteiger partial charge < -0.3 is 4.57 Å². The third-order valence-electron chi connectivity index (χ3n) is 9.65. The summed E-state index contributed by atoms with van der Waals surface area (Å²) in [6.45, 7) is 0. The Morgan fingerprint density at radius 3 is 2.13 bits per heavy atom. The zero-order chi connectivity index (χ0) is 30.9. The van der Waals surface area contributed by atoms with Crippen LogP contribution in [0, 0.1) is 0 Å². The maximum absolute atomic E-state index is 5.04. The average Bonchev–Trinajstić information content (AvgIpc) is 3.80. The predicted octanol–water partition coefficient (Wildman–Crippen LogP) is 9.54. The molecule has 1 unspecified atom stereocenters. The van der Waals surface area contributed by atoms with E-state index >= 15 is 0 Å². The highest BCUT2D eigenvalue weighted by atomic mass is 15.1. The number of fused-ring (bicyclic) bond motifs is 8. The lowest BCUT2D eigenvalue weighted by Crippen LogP contribution is -2.31. The lowest BCUT2D eigenvalue weighted by molar-refractivity contribution is -0.598. The van der Waals surface area contributed by atoms with E-state index in [0.717, 1.165) is 44.7 Å². The minimum Gasteiger partial charge on any atom is -0.307 e. The maximum Gasteiger partial charge on any atom is 0.215 e. The summed E-state index contributed by atoms with van der Waals surface area (Å²) in [6.07, 6.45) is 2.20. The molecule has 1 aliphatic rings. The molecule has 0 saturated carbocycles. The van der Waals surface area contributed by atoms with Gasteiger partial charge in [-0.1, -0.05) is 109 Å². The number of nitrogens with zero attached hydrogens (tertiary/aromatic N) is 4. The van der Waals surface area contributed by atoms with Gasteiger partial charge in [-0.05, 0) is 47.5 Å². The smallest absolute Gasteiger partial charge is 0.215 e. The van der Waals surface area contributed by atoms with Crippen molar-refractivity contribution in [2.75, 3.05) is 0 Å². The van der Waals surface area contributed by atoms with Crippen LogP contribution in [0.25, 0.3) is 61.5 Å². The largest absolute Gasteiger partial charge is 0.307 e. The molecular weight excluding hydrogens is 573 g/mol. The summed E-state index contributed by atoms with van der Waals surface area (Å²) >= 11 is 0. The van der Waals surface area contributed by atoms with Crippen LogP contribution in [-0.2, 0) is 0 Å². The standard InChI is InChI=1S/C43H29N4/c1-4-14-29(15-5-1)40-33-24-23-31(28-38(33)45-27-13-12-22-36(40)45)42-41(30-16-6-2-7-17-30)43-37(46(42)32-18-8-3-9-19-32)25-26-39-44-34-20-10-11-21-35(34)47(39)43/h1-28,40H/q+1. The number of imidazole rings is 1. The third-order valence-corrected chi connectivity index (χ3v) is 9.65. The molecule has 4 nitrogen and oxygen atoms in total. The van der Waals surface area contributed by atoms with Gasteiger partial charge in [0.15, 0.2) is 11.9 Å². The van der Waals surface area contributed by atoms with E-state index in [0.29, 0.717) is 0 Å². The van der Waals surface area contributed by atoms with Crippen LogP contribution in [0.1, 0.15) is 22.7 Å². The molecule has 0 bridgehead atoms. The Labute approximate surface area is 272 Å². The molecule has 1 atom stereocenters. The highest BCUT2D eigenvalue weighted by Crippen LogP contribution is 2.46. The number of pyridine rings is 2. The van der Waals surface area contributed by atoms with Crippen LogP contribution < -0.4 is 4.57 Å². The fourth-order valence-electron chi connectivity index (χ4n) is 7.71. The molecule has 0 aliphatic carbocycles. The van der Waals surface area contributed by atoms with E-state index in [1.807, 2.05) is 0 Å². The zero-order valence-electron chi connectivity index (χ0n) is 25.5. The monoisotopic (exact) mass is 601 g/mol. The molecule has 0 saturated heterocycles. The van der Waals surface area contributed by atoms with E-state index < -0.39 is 0 Å². The summed E-state index contributed by atoms with van der Waals surface area (Å²) in [5, 5.41) is 0. The summed E-state index contributed by atoms with van der Waals surface area (Å²) in [4.78, 5) is 5.04. The number of para-hydroxylation sites is 3. The van der Waals surface area contributed by atoms with Crippen molar-refractivity contribution in [3.63, 3.8) is 0 Å². The van der Waals surface area contributed by atoms with E-state index in [1.165, 1.54) is 33.6 Å². The summed E-state index contributed by atoms with van der Waals surface area (Å²) in [7, 11) is 0. The van der Waals surface area contributed by atoms with Crippen molar-refractivity contribution in [3.05, 3.63) is 187 Å². The molecule has 0 spiro atoms. The molecule has 9 aromatic rings. The van der Waals surface area contributed by atoms with Gasteiger partial charge in [-0.3, -0.25) is 4.40 Å². The second-order valence-corrected chi connectivity index (χ2v) is 12.2. The van der Waals surface area contributed by atoms with E-state index in [1.54, 1.807) is 0 Å². The average molecular weight is 602 g/mol. The van der Waals surface area contributed by atoms with Crippen LogP contribution in [-0.4, -0.2) is 14.0 Å². The molecule has 5 aromatic carbocycles. The van der Waals surface area contributed by atoms with E-state index in [-0.39, 0.29) is 5.92 Å². The third kappa shape index (κ3) is 3.82. The van der Waals surface area contributed by atoms with Gasteiger partial charge in [-0.15, -0.1) is 0 Å². The first kappa shape index (κ1) is 26.0. The van der Waals surface area contributed by atoms with Crippen molar-refractivity contribution < 1.29 is 4.57 Å². The Hall–Kier alpha value is -6.26. The highest BCUT2D eigenvalue weighted by Gasteiger charge is 2.38. The second kappa shape index (κ2) is 10.1. The van der Waals surface area contributed by atoms with E-state index in [9.17, 15) is 0 Å². The molecule has 0 N–H and O–H groups in total. The molecule has 0 amide bonds. The summed E-state index contributed by atoms with van der Waals surface area (Å²) < 4.78 is 7.16. The van der Waals surface area contributed by atoms with Crippen molar-refractivity contribution in [2.24, 2.45) is 0 Å². The number of rotatable bonds is 4. The Morgan fingerprint density at radius 2 is 1.30 bits per heavy atom. The first-order chi connectivity index (χ1) is 23.3. The molecule has 47 heavy (non-hydrogen) atoms. The molecule has 0 fully saturated rings. The second-order valence-electron chi connectivity index (χ2n) is 12.2. The molecule has 4 aromatic heterocycles. The van der Waals surface area contributed by atoms with Crippen LogP contribution in [0.15, 0.2) is 170 Å². The summed E-state index contributed by atoms with van der Waals surface area (Å²) in [5.74, 6) is 0.173. The Bertz CT molecular complexity index is 2620. The fourth-order valence-corrected chi connectivity index (χ4v) is 7.71. The minimum atomic E-state index is 0.173. The lowest BCUT2D eigenvalue weighted by Gasteiger charge is -2.14. The Balaban J connectivity index is 1.35. The van der Waals surface area contributed by atoms with Gasteiger partial charge in [0.1, 0.15) is 11.6 Å². The zero-order valence-corrected chi connectivity index (χ0v) is 25.5. The van der Waals surface area contributed by atoms with Crippen LogP contribution >= 0.6 is 0 Å². The molecule has 5 heterocycles. The van der Waals surface area contributed by atoms with Crippen LogP contribution in [0.2, 0.25) is 0 Å². The quantitative estimate of drug-likeness (QED) is 0.185. The number of hydrogen-bond donors (Lipinski definition) is 0. The van der Waals surface area contributed by atoms with Crippen molar-refractivity contribution in [3.8, 4) is 33.8 Å². The summed E-state index contributed by atoms with van der Waals surface area (Å²) in [5.41, 5.74) is 16.2. The van der Waals surface area contributed by atoms with Gasteiger partial charge in [-0.2, -0.15) is 4.57 Å². The lowest BCUT2D eigenvalue weighted by atomic mass is 9.89. The van der Waals surface area contributed by atoms with Crippen molar-refractivity contribution in [2.45, 2.75) is 5.92 Å². The normalized spacial score (nSPS) is 13.7. The van der Waals surface area contributed by atoms with Crippen molar-refractivity contribution >= 4 is 27.7 Å². The van der Waals surface area contributed by atoms with E-state index in [2.05, 4.69) is 184 Å². The van der Waals surface area contributed by atoms with Crippen molar-refractivity contribution in [1.29, 1.82) is 0 Å². The van der Waals surface area contributed by atoms with Gasteiger partial charge in [-0.25, -0.2) is 4.98 Å². The number of benzene rings is 5. The predicted molar refractivity (Wildman–Crippen MR) is 189 cm³/mol. The van der Waals surface area contributed by atoms with Gasteiger partial charge in [0.05, 0.1) is 27.8 Å². The van der Waals surface area contributed by atoms with Crippen LogP contribution in [0.4, 0.5) is 0 Å². The minimum absolute atomic E-state index is 0.173. The van der Waals surface area contributed by atoms with Gasteiger partial charge in [0.2, 0.25) is 5.69 Å². The number of hydrogen-bond acceptors (Lipinski definition) is 1. The molecule has 10 rings (SSSR count). The molecular formula is C43H29N4+. The fraction of sp³-hybridized carbons (Fsp3) is 0.0233. The molecule has 0 radical (unpaired) electrons. The van der Waals surface area contributed by atoms with Crippen LogP contribution in [0.5, 0.6) is 0 Å². The maximum atomic E-state index is 5.04. The molecule has 1 aliphatic heterocycles. The highest BCUT2D eigenvalue weighted by molar-refractivity contribution is 6.06. The molecule has 4 heteroatoms. The first-order valence-electron chi connectivity index (χ1n) is 16.1. The molecule has 220 valence electrons. The van der Waals surface area contributed by atoms with E-state index in [4.69, 9.17) is 4.98 Å². The summed E-state index contributed by atoms with van der Waals surface area (Å²) in [6, 6.07) is 58.9. The van der Waals surface area contributed by atoms with Crippen molar-refractivity contribution in [1.82, 2.24) is 14.0 Å². The number of aromatic nitrogens is 4. The van der Waals surface area contributed by atoms with Gasteiger partial charge in [0.25, 0.3) is 0 Å². The SMILES string of the molecule is c1ccc(-c2c(-c3ccc4c(c3)-[n+]3ccccc3C4c3ccccc3)n(-c3ccccc3)c3ccc4nc5ccccc5n4c23)cc1. The topological polar surface area (TPSA) is 26.1 Å². The Morgan fingerprint density at radius 1 is 0.574 bits per heavy atom.